The molecule has 2 unspecified atom stereocenters. The summed E-state index contributed by atoms with van der Waals surface area (Å²) in [6.45, 7) is 9.88. The van der Waals surface area contributed by atoms with Crippen LogP contribution < -0.4 is 9.64 Å². The normalized spacial score (nSPS) is 21.8. The molecule has 2 aliphatic heterocycles. The number of hydrogen-bond donors (Lipinski definition) is 0. The van der Waals surface area contributed by atoms with E-state index in [0.717, 1.165) is 36.2 Å². The molecule has 1 fully saturated rings. The summed E-state index contributed by atoms with van der Waals surface area (Å²) < 4.78 is 5.28. The number of likely N-dealkylation sites (tertiary alicyclic amines) is 1. The van der Waals surface area contributed by atoms with Gasteiger partial charge >= 0.3 is 0 Å². The Balaban J connectivity index is 1.85. The van der Waals surface area contributed by atoms with Crippen LogP contribution in [0, 0.1) is 25.7 Å². The van der Waals surface area contributed by atoms with Gasteiger partial charge < -0.3 is 9.64 Å². The fraction of sp³-hybridized carbons (Fsp3) is 0.385. The van der Waals surface area contributed by atoms with Crippen LogP contribution in [0.3, 0.4) is 0 Å². The average Bonchev–Trinajstić information content (AvgIpc) is 2.99. The van der Waals surface area contributed by atoms with Gasteiger partial charge in [-0.15, -0.1) is 0 Å². The van der Waals surface area contributed by atoms with Crippen LogP contribution in [0.25, 0.3) is 5.57 Å². The van der Waals surface area contributed by atoms with Crippen molar-refractivity contribution in [3.8, 4) is 5.75 Å². The molecule has 0 radical (unpaired) electrons. The standard InChI is InChI=1S/C26H30N2O3/c1-16-6-7-19(4)22(13-16)28-25(29)23(20-8-10-21(31-5)11-9-20)24(26(28)30)27-14-17(2)12-18(3)15-27/h6-11,13,17-18H,12,14-15H2,1-5H3. The molecule has 2 aliphatic rings. The molecule has 2 aromatic rings. The van der Waals surface area contributed by atoms with Crippen molar-refractivity contribution in [3.05, 3.63) is 64.9 Å². The lowest BCUT2D eigenvalue weighted by Gasteiger charge is -2.37. The number of aryl methyl sites for hydroxylation is 2. The van der Waals surface area contributed by atoms with Crippen molar-refractivity contribution >= 4 is 23.1 Å². The van der Waals surface area contributed by atoms with E-state index in [2.05, 4.69) is 18.7 Å². The van der Waals surface area contributed by atoms with Crippen molar-refractivity contribution < 1.29 is 14.3 Å². The minimum atomic E-state index is -0.259. The fourth-order valence-electron chi connectivity index (χ4n) is 4.85. The molecule has 2 atom stereocenters. The summed E-state index contributed by atoms with van der Waals surface area (Å²) >= 11 is 0. The molecule has 5 heteroatoms. The first-order valence-corrected chi connectivity index (χ1v) is 10.9. The van der Waals surface area contributed by atoms with Crippen LogP contribution >= 0.6 is 0 Å². The third kappa shape index (κ3) is 3.85. The first-order valence-electron chi connectivity index (χ1n) is 10.9. The SMILES string of the molecule is COc1ccc(C2=C(N3CC(C)CC(C)C3)C(=O)N(c3cc(C)ccc3C)C2=O)cc1. The number of ether oxygens (including phenoxy) is 1. The first-order chi connectivity index (χ1) is 14.8. The second-order valence-corrected chi connectivity index (χ2v) is 9.04. The molecule has 5 nitrogen and oxygen atoms in total. The van der Waals surface area contributed by atoms with Crippen LogP contribution in [0.2, 0.25) is 0 Å². The maximum Gasteiger partial charge on any atom is 0.282 e. The van der Waals surface area contributed by atoms with E-state index < -0.39 is 0 Å². The van der Waals surface area contributed by atoms with E-state index in [-0.39, 0.29) is 11.8 Å². The van der Waals surface area contributed by atoms with E-state index in [1.165, 1.54) is 4.90 Å². The molecule has 0 aliphatic carbocycles. The molecule has 2 amide bonds. The predicted molar refractivity (Wildman–Crippen MR) is 123 cm³/mol. The predicted octanol–water partition coefficient (Wildman–Crippen LogP) is 4.57. The highest BCUT2D eigenvalue weighted by Gasteiger charge is 2.44. The largest absolute Gasteiger partial charge is 0.497 e. The van der Waals surface area contributed by atoms with E-state index in [1.807, 2.05) is 56.3 Å². The van der Waals surface area contributed by atoms with Gasteiger partial charge in [-0.05, 0) is 67.0 Å². The Morgan fingerprint density at radius 3 is 2.16 bits per heavy atom. The van der Waals surface area contributed by atoms with Crippen LogP contribution in [0.15, 0.2) is 48.2 Å². The summed E-state index contributed by atoms with van der Waals surface area (Å²) in [6.07, 6.45) is 1.13. The average molecular weight is 419 g/mol. The topological polar surface area (TPSA) is 49.9 Å². The van der Waals surface area contributed by atoms with Crippen LogP contribution in [0.1, 0.15) is 37.0 Å². The number of piperidine rings is 1. The minimum absolute atomic E-state index is 0.231. The highest BCUT2D eigenvalue weighted by Crippen LogP contribution is 2.38. The lowest BCUT2D eigenvalue weighted by molar-refractivity contribution is -0.120. The molecule has 0 N–H and O–H groups in total. The zero-order chi connectivity index (χ0) is 22.3. The molecular weight excluding hydrogens is 388 g/mol. The smallest absolute Gasteiger partial charge is 0.282 e. The van der Waals surface area contributed by atoms with Crippen LogP contribution in [-0.4, -0.2) is 36.9 Å². The Bertz CT molecular complexity index is 1040. The molecule has 162 valence electrons. The van der Waals surface area contributed by atoms with E-state index in [1.54, 1.807) is 7.11 Å². The molecule has 0 spiro atoms. The van der Waals surface area contributed by atoms with Gasteiger partial charge in [0.15, 0.2) is 0 Å². The number of imide groups is 1. The molecule has 4 rings (SSSR count). The monoisotopic (exact) mass is 418 g/mol. The summed E-state index contributed by atoms with van der Waals surface area (Å²) in [5, 5.41) is 0. The molecule has 0 bridgehead atoms. The number of amides is 2. The molecule has 0 saturated carbocycles. The zero-order valence-corrected chi connectivity index (χ0v) is 18.9. The fourth-order valence-corrected chi connectivity index (χ4v) is 4.85. The van der Waals surface area contributed by atoms with Gasteiger partial charge in [0.1, 0.15) is 11.4 Å². The number of anilines is 1. The number of methoxy groups -OCH3 is 1. The van der Waals surface area contributed by atoms with Gasteiger partial charge in [-0.3, -0.25) is 9.59 Å². The van der Waals surface area contributed by atoms with E-state index in [4.69, 9.17) is 4.74 Å². The highest BCUT2D eigenvalue weighted by molar-refractivity contribution is 6.45. The summed E-state index contributed by atoms with van der Waals surface area (Å²) in [6, 6.07) is 13.3. The van der Waals surface area contributed by atoms with Gasteiger partial charge in [0.05, 0.1) is 18.4 Å². The van der Waals surface area contributed by atoms with Crippen LogP contribution in [-0.2, 0) is 9.59 Å². The van der Waals surface area contributed by atoms with E-state index in [0.29, 0.717) is 34.5 Å². The Morgan fingerprint density at radius 1 is 0.903 bits per heavy atom. The van der Waals surface area contributed by atoms with Crippen molar-refractivity contribution in [2.24, 2.45) is 11.8 Å². The molecule has 2 heterocycles. The third-order valence-electron chi connectivity index (χ3n) is 6.23. The number of nitrogens with zero attached hydrogens (tertiary/aromatic N) is 2. The van der Waals surface area contributed by atoms with Crippen molar-refractivity contribution in [2.75, 3.05) is 25.1 Å². The van der Waals surface area contributed by atoms with Gasteiger partial charge in [-0.2, -0.15) is 0 Å². The second kappa shape index (κ2) is 8.22. The quantitative estimate of drug-likeness (QED) is 0.683. The highest BCUT2D eigenvalue weighted by atomic mass is 16.5. The minimum Gasteiger partial charge on any atom is -0.497 e. The third-order valence-corrected chi connectivity index (χ3v) is 6.23. The van der Waals surface area contributed by atoms with Gasteiger partial charge in [-0.25, -0.2) is 4.90 Å². The van der Waals surface area contributed by atoms with Gasteiger partial charge in [0.25, 0.3) is 11.8 Å². The van der Waals surface area contributed by atoms with Crippen LogP contribution in [0.5, 0.6) is 5.75 Å². The summed E-state index contributed by atoms with van der Waals surface area (Å²) in [5.41, 5.74) is 4.33. The van der Waals surface area contributed by atoms with E-state index in [9.17, 15) is 9.59 Å². The lowest BCUT2D eigenvalue weighted by atomic mass is 9.91. The Morgan fingerprint density at radius 2 is 1.55 bits per heavy atom. The summed E-state index contributed by atoms with van der Waals surface area (Å²) in [7, 11) is 1.61. The van der Waals surface area contributed by atoms with Gasteiger partial charge in [0, 0.05) is 13.1 Å². The summed E-state index contributed by atoms with van der Waals surface area (Å²) in [4.78, 5) is 31.0. The number of carbonyl (C=O) groups is 2. The molecule has 0 aromatic heterocycles. The number of benzene rings is 2. The number of rotatable bonds is 4. The number of carbonyl (C=O) groups excluding carboxylic acids is 2. The molecule has 1 saturated heterocycles. The Kier molecular flexibility index (Phi) is 5.61. The zero-order valence-electron chi connectivity index (χ0n) is 18.9. The van der Waals surface area contributed by atoms with Crippen molar-refractivity contribution in [3.63, 3.8) is 0 Å². The van der Waals surface area contributed by atoms with Crippen molar-refractivity contribution in [1.82, 2.24) is 4.90 Å². The maximum atomic E-state index is 13.8. The summed E-state index contributed by atoms with van der Waals surface area (Å²) in [5.74, 6) is 1.15. The Labute approximate surface area is 184 Å². The first kappa shape index (κ1) is 21.2. The van der Waals surface area contributed by atoms with Crippen molar-refractivity contribution in [2.45, 2.75) is 34.1 Å². The maximum absolute atomic E-state index is 13.8. The van der Waals surface area contributed by atoms with Gasteiger partial charge in [0.2, 0.25) is 0 Å². The molecule has 2 aromatic carbocycles. The molecule has 31 heavy (non-hydrogen) atoms. The molecular formula is C26H30N2O3. The second-order valence-electron chi connectivity index (χ2n) is 9.04. The van der Waals surface area contributed by atoms with E-state index >= 15 is 0 Å². The van der Waals surface area contributed by atoms with Crippen molar-refractivity contribution in [1.29, 1.82) is 0 Å². The lowest BCUT2D eigenvalue weighted by Crippen LogP contribution is -2.42. The van der Waals surface area contributed by atoms with Crippen LogP contribution in [0.4, 0.5) is 5.69 Å². The number of hydrogen-bond acceptors (Lipinski definition) is 4. The van der Waals surface area contributed by atoms with Gasteiger partial charge in [-0.1, -0.05) is 38.1 Å². The Hall–Kier alpha value is -3.08.